The van der Waals surface area contributed by atoms with Gasteiger partial charge in [0.2, 0.25) is 11.2 Å². The van der Waals surface area contributed by atoms with Crippen LogP contribution in [0.2, 0.25) is 5.28 Å². The Kier molecular flexibility index (Phi) is 6.66. The first-order chi connectivity index (χ1) is 15.0. The van der Waals surface area contributed by atoms with Gasteiger partial charge in [0.1, 0.15) is 0 Å². The van der Waals surface area contributed by atoms with Crippen LogP contribution in [0.5, 0.6) is 0 Å². The van der Waals surface area contributed by atoms with Crippen molar-refractivity contribution < 1.29 is 19.9 Å². The Morgan fingerprint density at radius 1 is 1.39 bits per heavy atom. The van der Waals surface area contributed by atoms with Gasteiger partial charge in [0.05, 0.1) is 12.1 Å². The minimum Gasteiger partial charge on any atom is -0.369 e. The number of benzene rings is 1. The number of carbonyl (C=O) groups excluding carboxylic acids is 1. The molecule has 2 aromatic rings. The molecule has 166 valence electrons. The van der Waals surface area contributed by atoms with Crippen LogP contribution in [0.1, 0.15) is 18.4 Å². The number of hydrogen-bond acceptors (Lipinski definition) is 6. The third-order valence-corrected chi connectivity index (χ3v) is 6.77. The summed E-state index contributed by atoms with van der Waals surface area (Å²) in [7, 11) is 0. The van der Waals surface area contributed by atoms with E-state index in [2.05, 4.69) is 20.6 Å². The zero-order chi connectivity index (χ0) is 22.0. The quantitative estimate of drug-likeness (QED) is 0.169. The molecule has 0 aliphatic heterocycles. The Morgan fingerprint density at radius 3 is 3.00 bits per heavy atom. The van der Waals surface area contributed by atoms with Gasteiger partial charge in [-0.1, -0.05) is 12.1 Å². The van der Waals surface area contributed by atoms with Crippen molar-refractivity contribution in [3.05, 3.63) is 47.1 Å². The highest BCUT2D eigenvalue weighted by Gasteiger charge is 2.54. The summed E-state index contributed by atoms with van der Waals surface area (Å²) in [6.07, 6.45) is 3.67. The topological polar surface area (TPSA) is 130 Å². The lowest BCUT2D eigenvalue weighted by Crippen LogP contribution is -2.73. The van der Waals surface area contributed by atoms with E-state index >= 15 is 0 Å². The van der Waals surface area contributed by atoms with Gasteiger partial charge in [0.15, 0.2) is 17.3 Å². The number of nitrogens with two attached hydrogens (primary N) is 2. The SMILES string of the molecule is NC(=O)C1C2CC(CNCCc3cccc([NH2+]O)c3)C(C2)C1Nc1nc(Cl)ncc1F. The molecule has 2 fully saturated rings. The minimum atomic E-state index is -0.604. The van der Waals surface area contributed by atoms with Crippen LogP contribution < -0.4 is 21.8 Å². The number of amides is 1. The van der Waals surface area contributed by atoms with Crippen molar-refractivity contribution in [3.8, 4) is 0 Å². The molecule has 2 aliphatic carbocycles. The van der Waals surface area contributed by atoms with E-state index in [1.54, 1.807) is 0 Å². The molecule has 4 rings (SSSR count). The Balaban J connectivity index is 1.37. The highest BCUT2D eigenvalue weighted by molar-refractivity contribution is 6.28. The van der Waals surface area contributed by atoms with Crippen LogP contribution in [0.15, 0.2) is 30.5 Å². The number of nitrogens with one attached hydrogen (secondary N) is 2. The summed E-state index contributed by atoms with van der Waals surface area (Å²) in [5.41, 5.74) is 8.72. The summed E-state index contributed by atoms with van der Waals surface area (Å²) in [6, 6.07) is 7.48. The summed E-state index contributed by atoms with van der Waals surface area (Å²) in [6.45, 7) is 1.61. The van der Waals surface area contributed by atoms with Crippen molar-refractivity contribution in [1.29, 1.82) is 0 Å². The predicted molar refractivity (Wildman–Crippen MR) is 113 cm³/mol. The standard InChI is InChI=1S/C21H26ClFN6O2/c22-21-26-10-16(23)20(28-21)27-18-15-8-12(17(18)19(24)30)7-13(15)9-25-5-4-11-2-1-3-14(6-11)29-31/h1-3,6,10,12-13,15,17-18,25,29,31H,4-5,7-9H2,(H2,24,30)(H,26,27,28)/p+1. The fraction of sp³-hybridized carbons (Fsp3) is 0.476. The molecule has 0 saturated heterocycles. The Labute approximate surface area is 184 Å². The molecule has 1 heterocycles. The Hall–Kier alpha value is -2.33. The average molecular weight is 450 g/mol. The minimum absolute atomic E-state index is 0.0103. The van der Waals surface area contributed by atoms with Crippen molar-refractivity contribution >= 4 is 29.0 Å². The van der Waals surface area contributed by atoms with Crippen molar-refractivity contribution in [2.45, 2.75) is 25.3 Å². The van der Waals surface area contributed by atoms with E-state index in [4.69, 9.17) is 22.5 Å². The summed E-state index contributed by atoms with van der Waals surface area (Å²) in [4.78, 5) is 19.7. The summed E-state index contributed by atoms with van der Waals surface area (Å²) in [5, 5.41) is 15.7. The maximum Gasteiger partial charge on any atom is 0.224 e. The van der Waals surface area contributed by atoms with Crippen molar-refractivity contribution in [2.24, 2.45) is 29.4 Å². The number of nitrogens with zero attached hydrogens (tertiary/aromatic N) is 2. The van der Waals surface area contributed by atoms with Gasteiger partial charge in [-0.05, 0) is 67.3 Å². The lowest BCUT2D eigenvalue weighted by Gasteiger charge is -2.35. The monoisotopic (exact) mass is 449 g/mol. The first-order valence-corrected chi connectivity index (χ1v) is 10.8. The summed E-state index contributed by atoms with van der Waals surface area (Å²) in [5.74, 6) is -0.581. The number of quaternary nitrogens is 1. The highest BCUT2D eigenvalue weighted by Crippen LogP contribution is 2.52. The first kappa shape index (κ1) is 21.9. The van der Waals surface area contributed by atoms with Crippen LogP contribution >= 0.6 is 11.6 Å². The van der Waals surface area contributed by atoms with Gasteiger partial charge in [-0.25, -0.2) is 14.6 Å². The number of halogens is 2. The molecule has 0 spiro atoms. The summed E-state index contributed by atoms with van der Waals surface area (Å²) >= 11 is 5.82. The third-order valence-electron chi connectivity index (χ3n) is 6.59. The molecule has 7 N–H and O–H groups in total. The molecule has 1 aromatic heterocycles. The normalized spacial score (nSPS) is 26.9. The second kappa shape index (κ2) is 9.44. The molecule has 2 saturated carbocycles. The number of aromatic nitrogens is 2. The molecule has 2 aliphatic rings. The molecule has 1 aromatic carbocycles. The zero-order valence-corrected chi connectivity index (χ0v) is 17.7. The van der Waals surface area contributed by atoms with E-state index in [9.17, 15) is 9.18 Å². The molecule has 5 atom stereocenters. The van der Waals surface area contributed by atoms with Crippen molar-refractivity contribution in [1.82, 2.24) is 15.3 Å². The first-order valence-electron chi connectivity index (χ1n) is 10.5. The molecule has 1 amide bonds. The molecule has 5 unspecified atom stereocenters. The van der Waals surface area contributed by atoms with Crippen LogP contribution in [0.25, 0.3) is 0 Å². The number of carbonyl (C=O) groups is 1. The van der Waals surface area contributed by atoms with Gasteiger partial charge in [-0.15, -0.1) is 0 Å². The zero-order valence-electron chi connectivity index (χ0n) is 17.0. The molecular weight excluding hydrogens is 423 g/mol. The van der Waals surface area contributed by atoms with Crippen LogP contribution in [0, 0.1) is 29.5 Å². The number of rotatable bonds is 9. The lowest BCUT2D eigenvalue weighted by atomic mass is 9.77. The molecule has 31 heavy (non-hydrogen) atoms. The maximum atomic E-state index is 14.2. The van der Waals surface area contributed by atoms with E-state index in [0.29, 0.717) is 5.92 Å². The molecule has 0 radical (unpaired) electrons. The fourth-order valence-corrected chi connectivity index (χ4v) is 5.42. The van der Waals surface area contributed by atoms with E-state index in [-0.39, 0.29) is 40.8 Å². The average Bonchev–Trinajstić information content (AvgIpc) is 3.32. The Bertz CT molecular complexity index is 948. The van der Waals surface area contributed by atoms with Gasteiger partial charge in [0.25, 0.3) is 0 Å². The number of anilines is 1. The van der Waals surface area contributed by atoms with Crippen LogP contribution in [0.4, 0.5) is 15.9 Å². The maximum absolute atomic E-state index is 14.2. The molecular formula is C21H27ClFN6O2+. The molecule has 2 bridgehead atoms. The number of fused-ring (bicyclic) bond motifs is 2. The van der Waals surface area contributed by atoms with Crippen LogP contribution in [0.3, 0.4) is 0 Å². The smallest absolute Gasteiger partial charge is 0.224 e. The number of primary amides is 1. The van der Waals surface area contributed by atoms with Gasteiger partial charge in [0, 0.05) is 18.2 Å². The number of hydrogen-bond donors (Lipinski definition) is 5. The predicted octanol–water partition coefficient (Wildman–Crippen LogP) is 1.22. The van der Waals surface area contributed by atoms with Crippen LogP contribution in [-0.4, -0.2) is 40.2 Å². The second-order valence-corrected chi connectivity index (χ2v) is 8.76. The largest absolute Gasteiger partial charge is 0.369 e. The van der Waals surface area contributed by atoms with E-state index < -0.39 is 5.82 Å². The third kappa shape index (κ3) is 4.79. The second-order valence-electron chi connectivity index (χ2n) is 8.42. The van der Waals surface area contributed by atoms with E-state index in [1.807, 2.05) is 24.3 Å². The fourth-order valence-electron chi connectivity index (χ4n) is 5.29. The molecule has 10 heteroatoms. The van der Waals surface area contributed by atoms with Crippen LogP contribution in [-0.2, 0) is 11.2 Å². The highest BCUT2D eigenvalue weighted by atomic mass is 35.5. The van der Waals surface area contributed by atoms with E-state index in [1.165, 1.54) is 0 Å². The van der Waals surface area contributed by atoms with Gasteiger partial charge >= 0.3 is 0 Å². The van der Waals surface area contributed by atoms with Gasteiger partial charge in [-0.3, -0.25) is 4.79 Å². The van der Waals surface area contributed by atoms with Crippen molar-refractivity contribution in [2.75, 3.05) is 18.4 Å². The summed E-state index contributed by atoms with van der Waals surface area (Å²) < 4.78 is 14.2. The van der Waals surface area contributed by atoms with E-state index in [0.717, 1.165) is 55.3 Å². The van der Waals surface area contributed by atoms with Crippen molar-refractivity contribution in [3.63, 3.8) is 0 Å². The van der Waals surface area contributed by atoms with Gasteiger partial charge in [-0.2, -0.15) is 10.5 Å². The Morgan fingerprint density at radius 2 is 2.23 bits per heavy atom. The lowest BCUT2D eigenvalue weighted by molar-refractivity contribution is -0.825. The van der Waals surface area contributed by atoms with Gasteiger partial charge < -0.3 is 16.4 Å². The molecule has 8 nitrogen and oxygen atoms in total.